The highest BCUT2D eigenvalue weighted by atomic mass is 19.4. The Morgan fingerprint density at radius 3 is 2.60 bits per heavy atom. The van der Waals surface area contributed by atoms with Gasteiger partial charge in [-0.25, -0.2) is 9.07 Å². The molecule has 5 nitrogen and oxygen atoms in total. The number of nitrogens with one attached hydrogen (secondary N) is 2. The summed E-state index contributed by atoms with van der Waals surface area (Å²) in [7, 11) is 0. The number of carbonyl (C=O) groups is 1. The second-order valence-electron chi connectivity index (χ2n) is 5.44. The van der Waals surface area contributed by atoms with Crippen LogP contribution in [0, 0.1) is 5.82 Å². The van der Waals surface area contributed by atoms with Gasteiger partial charge in [0.1, 0.15) is 11.5 Å². The highest BCUT2D eigenvalue weighted by Gasteiger charge is 2.41. The Bertz CT molecular complexity index is 742. The first-order valence-electron chi connectivity index (χ1n) is 7.67. The number of rotatable bonds is 6. The lowest BCUT2D eigenvalue weighted by molar-refractivity contribution is -0.143. The van der Waals surface area contributed by atoms with Crippen molar-refractivity contribution in [2.75, 3.05) is 13.1 Å². The molecular formula is C16H18F4N4O. The first kappa shape index (κ1) is 18.9. The van der Waals surface area contributed by atoms with Crippen molar-refractivity contribution in [3.63, 3.8) is 0 Å². The van der Waals surface area contributed by atoms with Gasteiger partial charge in [-0.2, -0.15) is 18.3 Å². The minimum absolute atomic E-state index is 0.107. The molecule has 0 spiro atoms. The number of hydrogen-bond acceptors (Lipinski definition) is 3. The van der Waals surface area contributed by atoms with Crippen LogP contribution in [0.3, 0.4) is 0 Å². The van der Waals surface area contributed by atoms with Crippen molar-refractivity contribution in [1.82, 2.24) is 20.4 Å². The zero-order valence-corrected chi connectivity index (χ0v) is 13.7. The van der Waals surface area contributed by atoms with Gasteiger partial charge in [-0.05, 0) is 25.6 Å². The van der Waals surface area contributed by atoms with Crippen molar-refractivity contribution in [3.05, 3.63) is 47.5 Å². The van der Waals surface area contributed by atoms with Gasteiger partial charge >= 0.3 is 6.18 Å². The molecule has 0 aliphatic carbocycles. The van der Waals surface area contributed by atoms with Gasteiger partial charge in [-0.15, -0.1) is 0 Å². The number of para-hydroxylation sites is 1. The molecule has 136 valence electrons. The number of likely N-dealkylation sites (N-methyl/N-ethyl adjacent to an activating group) is 1. The average Bonchev–Trinajstić information content (AvgIpc) is 2.98. The second kappa shape index (κ2) is 7.64. The number of halogens is 4. The molecule has 2 N–H and O–H groups in total. The van der Waals surface area contributed by atoms with E-state index in [4.69, 9.17) is 0 Å². The van der Waals surface area contributed by atoms with Crippen molar-refractivity contribution in [3.8, 4) is 5.69 Å². The van der Waals surface area contributed by atoms with E-state index in [1.54, 1.807) is 6.92 Å². The van der Waals surface area contributed by atoms with Gasteiger partial charge in [0.25, 0.3) is 5.91 Å². The lowest BCUT2D eigenvalue weighted by atomic mass is 10.2. The summed E-state index contributed by atoms with van der Waals surface area (Å²) in [5.41, 5.74) is -2.35. The number of aromatic nitrogens is 2. The van der Waals surface area contributed by atoms with Gasteiger partial charge < -0.3 is 10.6 Å². The van der Waals surface area contributed by atoms with Crippen molar-refractivity contribution in [1.29, 1.82) is 0 Å². The third-order valence-electron chi connectivity index (χ3n) is 3.48. The number of alkyl halides is 3. The van der Waals surface area contributed by atoms with Crippen LogP contribution >= 0.6 is 0 Å². The monoisotopic (exact) mass is 358 g/mol. The minimum atomic E-state index is -4.88. The fourth-order valence-electron chi connectivity index (χ4n) is 2.36. The van der Waals surface area contributed by atoms with Crippen LogP contribution in [0.5, 0.6) is 0 Å². The van der Waals surface area contributed by atoms with Gasteiger partial charge in [0.15, 0.2) is 5.69 Å². The van der Waals surface area contributed by atoms with Crippen molar-refractivity contribution < 1.29 is 22.4 Å². The third kappa shape index (κ3) is 4.36. The number of benzene rings is 1. The average molecular weight is 358 g/mol. The largest absolute Gasteiger partial charge is 0.434 e. The van der Waals surface area contributed by atoms with E-state index in [9.17, 15) is 22.4 Å². The van der Waals surface area contributed by atoms with E-state index in [-0.39, 0.29) is 18.3 Å². The quantitative estimate of drug-likeness (QED) is 0.781. The van der Waals surface area contributed by atoms with Crippen LogP contribution in [-0.4, -0.2) is 34.8 Å². The van der Waals surface area contributed by atoms with E-state index in [2.05, 4.69) is 15.7 Å². The zero-order chi connectivity index (χ0) is 18.6. The number of carbonyl (C=O) groups excluding carboxylic acids is 1. The molecule has 0 saturated heterocycles. The zero-order valence-electron chi connectivity index (χ0n) is 13.7. The van der Waals surface area contributed by atoms with E-state index in [0.717, 1.165) is 18.3 Å². The Hall–Kier alpha value is -2.42. The molecule has 2 aromatic rings. The first-order chi connectivity index (χ1) is 11.8. The summed E-state index contributed by atoms with van der Waals surface area (Å²) in [6.45, 7) is 4.47. The van der Waals surface area contributed by atoms with Gasteiger partial charge in [0, 0.05) is 12.6 Å². The maximum absolute atomic E-state index is 13.9. The van der Waals surface area contributed by atoms with Gasteiger partial charge in [0.2, 0.25) is 0 Å². The van der Waals surface area contributed by atoms with Crippen molar-refractivity contribution >= 4 is 5.91 Å². The molecule has 1 aromatic carbocycles. The topological polar surface area (TPSA) is 58.9 Å². The summed E-state index contributed by atoms with van der Waals surface area (Å²) in [5.74, 6) is -1.79. The normalized spacial score (nSPS) is 12.9. The lowest BCUT2D eigenvalue weighted by Crippen LogP contribution is -2.39. The van der Waals surface area contributed by atoms with Crippen LogP contribution in [0.1, 0.15) is 29.9 Å². The molecule has 1 atom stereocenters. The predicted octanol–water partition coefficient (Wildman–Crippen LogP) is 2.76. The Morgan fingerprint density at radius 1 is 1.32 bits per heavy atom. The standard InChI is InChI=1S/C16H18F4N4O/c1-3-21-10(2)8-22-15(25)11-9-23-24(14(11)16(18,19)20)13-7-5-4-6-12(13)17/h4-7,9-10,21H,3,8H2,1-2H3,(H,22,25)/t10-/m1/s1. The molecule has 1 amide bonds. The van der Waals surface area contributed by atoms with Crippen LogP contribution in [0.15, 0.2) is 30.5 Å². The van der Waals surface area contributed by atoms with Crippen molar-refractivity contribution in [2.45, 2.75) is 26.1 Å². The van der Waals surface area contributed by atoms with Crippen LogP contribution in [0.25, 0.3) is 5.69 Å². The molecule has 25 heavy (non-hydrogen) atoms. The van der Waals surface area contributed by atoms with Crippen molar-refractivity contribution in [2.24, 2.45) is 0 Å². The summed E-state index contributed by atoms with van der Waals surface area (Å²) in [6.07, 6.45) is -4.08. The molecule has 1 aromatic heterocycles. The molecule has 2 rings (SSSR count). The highest BCUT2D eigenvalue weighted by Crippen LogP contribution is 2.34. The SMILES string of the molecule is CCN[C@H](C)CNC(=O)c1cnn(-c2ccccc2F)c1C(F)(F)F. The molecule has 0 aliphatic heterocycles. The predicted molar refractivity (Wildman–Crippen MR) is 84.0 cm³/mol. The molecule has 0 aliphatic rings. The summed E-state index contributed by atoms with van der Waals surface area (Å²) in [4.78, 5) is 12.2. The number of nitrogens with zero attached hydrogens (tertiary/aromatic N) is 2. The molecule has 0 bridgehead atoms. The summed E-state index contributed by atoms with van der Waals surface area (Å²) < 4.78 is 54.6. The summed E-state index contributed by atoms with van der Waals surface area (Å²) >= 11 is 0. The van der Waals surface area contributed by atoms with Gasteiger partial charge in [0.05, 0.1) is 11.8 Å². The molecule has 0 unspecified atom stereocenters. The van der Waals surface area contributed by atoms with E-state index >= 15 is 0 Å². The fourth-order valence-corrected chi connectivity index (χ4v) is 2.36. The molecule has 1 heterocycles. The van der Waals surface area contributed by atoms with Crippen LogP contribution < -0.4 is 10.6 Å². The van der Waals surface area contributed by atoms with Crippen LogP contribution in [0.4, 0.5) is 17.6 Å². The maximum Gasteiger partial charge on any atom is 0.434 e. The molecule has 9 heteroatoms. The fraction of sp³-hybridized carbons (Fsp3) is 0.375. The van der Waals surface area contributed by atoms with Crippen LogP contribution in [0.2, 0.25) is 0 Å². The Morgan fingerprint density at radius 2 is 2.00 bits per heavy atom. The Balaban J connectivity index is 2.37. The van der Waals surface area contributed by atoms with Gasteiger partial charge in [-0.3, -0.25) is 4.79 Å². The van der Waals surface area contributed by atoms with E-state index < -0.39 is 29.2 Å². The first-order valence-corrected chi connectivity index (χ1v) is 7.67. The smallest absolute Gasteiger partial charge is 0.350 e. The highest BCUT2D eigenvalue weighted by molar-refractivity contribution is 5.95. The van der Waals surface area contributed by atoms with E-state index in [1.165, 1.54) is 12.1 Å². The number of hydrogen-bond donors (Lipinski definition) is 2. The molecule has 0 fully saturated rings. The summed E-state index contributed by atoms with van der Waals surface area (Å²) in [6, 6.07) is 4.81. The minimum Gasteiger partial charge on any atom is -0.350 e. The van der Waals surface area contributed by atoms with E-state index in [1.807, 2.05) is 6.92 Å². The Kier molecular flexibility index (Phi) is 5.78. The molecule has 0 saturated carbocycles. The number of amides is 1. The van der Waals surface area contributed by atoms with Gasteiger partial charge in [-0.1, -0.05) is 19.1 Å². The molecule has 0 radical (unpaired) electrons. The van der Waals surface area contributed by atoms with E-state index in [0.29, 0.717) is 11.2 Å². The maximum atomic E-state index is 13.9. The summed E-state index contributed by atoms with van der Waals surface area (Å²) in [5, 5.41) is 9.03. The molecular weight excluding hydrogens is 340 g/mol. The Labute approximate surface area is 142 Å². The second-order valence-corrected chi connectivity index (χ2v) is 5.44. The third-order valence-corrected chi connectivity index (χ3v) is 3.48. The van der Waals surface area contributed by atoms with Crippen LogP contribution in [-0.2, 0) is 6.18 Å². The lowest BCUT2D eigenvalue weighted by Gasteiger charge is -2.15.